The third kappa shape index (κ3) is 4.49. The lowest BCUT2D eigenvalue weighted by atomic mass is 10.4. The first kappa shape index (κ1) is 12.8. The van der Waals surface area contributed by atoms with E-state index in [4.69, 9.17) is 16.3 Å². The van der Waals surface area contributed by atoms with Crippen molar-refractivity contribution in [3.05, 3.63) is 23.9 Å². The topological polar surface area (TPSA) is 51.2 Å². The Hall–Kier alpha value is -1.29. The fourth-order valence-corrected chi connectivity index (χ4v) is 1.27. The molecule has 0 aromatic carbocycles. The van der Waals surface area contributed by atoms with Crippen molar-refractivity contribution >= 4 is 23.4 Å². The molecule has 0 bridgehead atoms. The van der Waals surface area contributed by atoms with Crippen LogP contribution in [0.1, 0.15) is 19.5 Å². The molecule has 0 saturated carbocycles. The molecule has 5 heteroatoms. The maximum absolute atomic E-state index is 11.2. The summed E-state index contributed by atoms with van der Waals surface area (Å²) < 4.78 is 4.97. The Morgan fingerprint density at radius 2 is 2.31 bits per heavy atom. The van der Waals surface area contributed by atoms with Gasteiger partial charge in [-0.05, 0) is 26.0 Å². The number of hydrogen-bond acceptors (Lipinski definition) is 4. The smallest absolute Gasteiger partial charge is 0.325 e. The van der Waals surface area contributed by atoms with Gasteiger partial charge < -0.3 is 10.1 Å². The van der Waals surface area contributed by atoms with E-state index in [0.717, 1.165) is 5.69 Å². The monoisotopic (exact) mass is 242 g/mol. The van der Waals surface area contributed by atoms with Crippen LogP contribution in [-0.2, 0) is 15.4 Å². The van der Waals surface area contributed by atoms with E-state index < -0.39 is 0 Å². The van der Waals surface area contributed by atoms with E-state index in [1.807, 2.05) is 26.0 Å². The van der Waals surface area contributed by atoms with E-state index in [0.29, 0.717) is 11.7 Å². The number of hydrogen-bond donors (Lipinski definition) is 1. The minimum absolute atomic E-state index is 0.101. The fraction of sp³-hybridized carbons (Fsp3) is 0.455. The van der Waals surface area contributed by atoms with E-state index >= 15 is 0 Å². The van der Waals surface area contributed by atoms with Crippen LogP contribution in [-0.4, -0.2) is 23.6 Å². The largest absolute Gasteiger partial charge is 0.462 e. The number of ether oxygens (including phenoxy) is 1. The fourth-order valence-electron chi connectivity index (χ4n) is 1.12. The summed E-state index contributed by atoms with van der Waals surface area (Å²) in [6, 6.07) is 5.43. The van der Waals surface area contributed by atoms with Crippen molar-refractivity contribution in [3.63, 3.8) is 0 Å². The predicted octanol–water partition coefficient (Wildman–Crippen LogP) is 2.18. The van der Waals surface area contributed by atoms with Crippen LogP contribution in [0.3, 0.4) is 0 Å². The van der Waals surface area contributed by atoms with Crippen molar-refractivity contribution in [2.45, 2.75) is 25.8 Å². The molecule has 1 N–H and O–H groups in total. The minimum atomic E-state index is -0.298. The normalized spacial score (nSPS) is 10.2. The lowest BCUT2D eigenvalue weighted by molar-refractivity contribution is -0.145. The van der Waals surface area contributed by atoms with Crippen LogP contribution in [0.4, 0.5) is 5.82 Å². The van der Waals surface area contributed by atoms with Gasteiger partial charge in [0, 0.05) is 0 Å². The molecule has 16 heavy (non-hydrogen) atoms. The highest BCUT2D eigenvalue weighted by Crippen LogP contribution is 2.06. The van der Waals surface area contributed by atoms with Gasteiger partial charge in [-0.2, -0.15) is 0 Å². The molecule has 0 fully saturated rings. The van der Waals surface area contributed by atoms with E-state index in [1.165, 1.54) is 0 Å². The number of rotatable bonds is 5. The number of carbonyl (C=O) groups excluding carboxylic acids is 1. The zero-order valence-corrected chi connectivity index (χ0v) is 10.1. The lowest BCUT2D eigenvalue weighted by Gasteiger charge is -2.09. The third-order valence-electron chi connectivity index (χ3n) is 1.72. The van der Waals surface area contributed by atoms with Gasteiger partial charge in [0.25, 0.3) is 0 Å². The molecule has 4 nitrogen and oxygen atoms in total. The second kappa shape index (κ2) is 6.33. The molecule has 1 rings (SSSR count). The summed E-state index contributed by atoms with van der Waals surface area (Å²) in [4.78, 5) is 15.4. The number of nitrogens with zero attached hydrogens (tertiary/aromatic N) is 1. The molecule has 0 aliphatic rings. The number of aromatic nitrogens is 1. The lowest BCUT2D eigenvalue weighted by Crippen LogP contribution is -2.20. The highest BCUT2D eigenvalue weighted by atomic mass is 35.5. The minimum Gasteiger partial charge on any atom is -0.462 e. The molecule has 88 valence electrons. The first-order chi connectivity index (χ1) is 7.61. The second-order valence-corrected chi connectivity index (χ2v) is 3.81. The Morgan fingerprint density at radius 1 is 1.56 bits per heavy atom. The molecule has 0 unspecified atom stereocenters. The first-order valence-electron chi connectivity index (χ1n) is 5.07. The number of halogens is 1. The molecule has 1 heterocycles. The summed E-state index contributed by atoms with van der Waals surface area (Å²) >= 11 is 5.65. The van der Waals surface area contributed by atoms with E-state index in [-0.39, 0.29) is 18.6 Å². The van der Waals surface area contributed by atoms with Crippen molar-refractivity contribution < 1.29 is 9.53 Å². The zero-order chi connectivity index (χ0) is 12.0. The van der Waals surface area contributed by atoms with Crippen molar-refractivity contribution in [2.75, 3.05) is 11.9 Å². The predicted molar refractivity (Wildman–Crippen MR) is 63.5 cm³/mol. The van der Waals surface area contributed by atoms with Crippen LogP contribution in [0.5, 0.6) is 0 Å². The van der Waals surface area contributed by atoms with Crippen LogP contribution in [0.25, 0.3) is 0 Å². The number of carbonyl (C=O) groups is 1. The zero-order valence-electron chi connectivity index (χ0n) is 9.37. The Labute approximate surface area is 100.0 Å². The van der Waals surface area contributed by atoms with Crippen molar-refractivity contribution in [2.24, 2.45) is 0 Å². The average molecular weight is 243 g/mol. The molecule has 1 aromatic heterocycles. The maximum atomic E-state index is 11.2. The highest BCUT2D eigenvalue weighted by molar-refractivity contribution is 6.16. The summed E-state index contributed by atoms with van der Waals surface area (Å²) in [6.07, 6.45) is -0.101. The van der Waals surface area contributed by atoms with Crippen LogP contribution < -0.4 is 5.32 Å². The van der Waals surface area contributed by atoms with Crippen LogP contribution in [0.2, 0.25) is 0 Å². The van der Waals surface area contributed by atoms with Crippen molar-refractivity contribution in [1.29, 1.82) is 0 Å². The molecular formula is C11H15ClN2O2. The summed E-state index contributed by atoms with van der Waals surface area (Å²) in [5, 5.41) is 2.88. The molecule has 0 amide bonds. The van der Waals surface area contributed by atoms with Gasteiger partial charge in [-0.25, -0.2) is 4.98 Å². The van der Waals surface area contributed by atoms with Gasteiger partial charge in [-0.1, -0.05) is 6.07 Å². The SMILES string of the molecule is CC(C)OC(=O)CNc1cccc(CCl)n1. The van der Waals surface area contributed by atoms with E-state index in [2.05, 4.69) is 10.3 Å². The van der Waals surface area contributed by atoms with Gasteiger partial charge in [-0.3, -0.25) is 4.79 Å². The van der Waals surface area contributed by atoms with Crippen LogP contribution >= 0.6 is 11.6 Å². The van der Waals surface area contributed by atoms with Crippen molar-refractivity contribution in [1.82, 2.24) is 4.98 Å². The van der Waals surface area contributed by atoms with Gasteiger partial charge in [0.15, 0.2) is 0 Å². The third-order valence-corrected chi connectivity index (χ3v) is 2.00. The van der Waals surface area contributed by atoms with Gasteiger partial charge in [0.05, 0.1) is 17.7 Å². The molecular weight excluding hydrogens is 228 g/mol. The van der Waals surface area contributed by atoms with Crippen LogP contribution in [0.15, 0.2) is 18.2 Å². The molecule has 0 spiro atoms. The van der Waals surface area contributed by atoms with Crippen LogP contribution in [0, 0.1) is 0 Å². The second-order valence-electron chi connectivity index (χ2n) is 3.54. The Kier molecular flexibility index (Phi) is 5.05. The summed E-state index contributed by atoms with van der Waals surface area (Å²) in [5.41, 5.74) is 0.767. The summed E-state index contributed by atoms with van der Waals surface area (Å²) in [5.74, 6) is 0.679. The average Bonchev–Trinajstić information content (AvgIpc) is 2.26. The summed E-state index contributed by atoms with van der Waals surface area (Å²) in [6.45, 7) is 3.73. The molecule has 0 aliphatic carbocycles. The molecule has 0 saturated heterocycles. The van der Waals surface area contributed by atoms with E-state index in [9.17, 15) is 4.79 Å². The molecule has 0 radical (unpaired) electrons. The van der Waals surface area contributed by atoms with Gasteiger partial charge in [-0.15, -0.1) is 11.6 Å². The number of anilines is 1. The first-order valence-corrected chi connectivity index (χ1v) is 5.60. The van der Waals surface area contributed by atoms with Gasteiger partial charge in [0.1, 0.15) is 12.4 Å². The molecule has 0 atom stereocenters. The Bertz CT molecular complexity index is 356. The highest BCUT2D eigenvalue weighted by Gasteiger charge is 2.05. The van der Waals surface area contributed by atoms with Gasteiger partial charge in [0.2, 0.25) is 0 Å². The molecule has 1 aromatic rings. The Morgan fingerprint density at radius 3 is 2.94 bits per heavy atom. The molecule has 0 aliphatic heterocycles. The Balaban J connectivity index is 2.45. The van der Waals surface area contributed by atoms with Crippen molar-refractivity contribution in [3.8, 4) is 0 Å². The van der Waals surface area contributed by atoms with Gasteiger partial charge >= 0.3 is 5.97 Å². The number of pyridine rings is 1. The maximum Gasteiger partial charge on any atom is 0.325 e. The standard InChI is InChI=1S/C11H15ClN2O2/c1-8(2)16-11(15)7-13-10-5-3-4-9(6-12)14-10/h3-5,8H,6-7H2,1-2H3,(H,13,14). The number of nitrogens with one attached hydrogen (secondary N) is 1. The summed E-state index contributed by atoms with van der Waals surface area (Å²) in [7, 11) is 0. The quantitative estimate of drug-likeness (QED) is 0.635. The van der Waals surface area contributed by atoms with E-state index in [1.54, 1.807) is 6.07 Å². The number of esters is 1. The number of alkyl halides is 1.